The third kappa shape index (κ3) is 5.53. The van der Waals surface area contributed by atoms with Crippen LogP contribution in [0.2, 0.25) is 5.02 Å². The molecule has 0 bridgehead atoms. The first kappa shape index (κ1) is 17.8. The van der Waals surface area contributed by atoms with Crippen LogP contribution in [0, 0.1) is 0 Å². The van der Waals surface area contributed by atoms with Crippen molar-refractivity contribution in [3.05, 3.63) is 55.9 Å². The number of hydrogen-bond donors (Lipinski definition) is 2. The lowest BCUT2D eigenvalue weighted by Crippen LogP contribution is -2.24. The number of hydrogen-bond acceptors (Lipinski definition) is 4. The van der Waals surface area contributed by atoms with Gasteiger partial charge in [0, 0.05) is 15.1 Å². The Morgan fingerprint density at radius 3 is 2.83 bits per heavy atom. The van der Waals surface area contributed by atoms with E-state index in [4.69, 9.17) is 16.3 Å². The van der Waals surface area contributed by atoms with E-state index in [0.29, 0.717) is 20.8 Å². The molecular weight excluding hydrogens is 451 g/mol. The number of halogens is 3. The maximum absolute atomic E-state index is 11.7. The molecule has 0 aliphatic carbocycles. The predicted molar refractivity (Wildman–Crippen MR) is 96.2 cm³/mol. The molecule has 0 radical (unpaired) electrons. The lowest BCUT2D eigenvalue weighted by atomic mass is 10.2. The standard InChI is InChI=1S/C15H11Br2ClN2O3/c16-10-1-3-13(21)9(5-10)7-19-20-15(22)8-23-14-4-2-11(18)6-12(14)17/h1-7,21H,8H2,(H,20,22)/b19-7+. The summed E-state index contributed by atoms with van der Waals surface area (Å²) >= 11 is 12.4. The number of phenolic OH excluding ortho intramolecular Hbond substituents is 1. The topological polar surface area (TPSA) is 70.9 Å². The molecule has 1 amide bonds. The number of aromatic hydroxyl groups is 1. The summed E-state index contributed by atoms with van der Waals surface area (Å²) in [6.45, 7) is -0.206. The number of ether oxygens (including phenoxy) is 1. The van der Waals surface area contributed by atoms with Gasteiger partial charge < -0.3 is 9.84 Å². The van der Waals surface area contributed by atoms with Gasteiger partial charge in [-0.05, 0) is 52.3 Å². The van der Waals surface area contributed by atoms with E-state index in [1.54, 1.807) is 30.3 Å². The van der Waals surface area contributed by atoms with Crippen molar-refractivity contribution in [2.75, 3.05) is 6.61 Å². The van der Waals surface area contributed by atoms with Crippen molar-refractivity contribution in [1.29, 1.82) is 0 Å². The van der Waals surface area contributed by atoms with E-state index in [9.17, 15) is 9.90 Å². The van der Waals surface area contributed by atoms with Gasteiger partial charge in [-0.15, -0.1) is 0 Å². The van der Waals surface area contributed by atoms with Crippen molar-refractivity contribution in [2.24, 2.45) is 5.10 Å². The molecule has 0 unspecified atom stereocenters. The van der Waals surface area contributed by atoms with Crippen molar-refractivity contribution in [1.82, 2.24) is 5.43 Å². The molecule has 5 nitrogen and oxygen atoms in total. The molecule has 2 rings (SSSR count). The SMILES string of the molecule is O=C(COc1ccc(Cl)cc1Br)N/N=C/c1cc(Br)ccc1O. The van der Waals surface area contributed by atoms with Crippen molar-refractivity contribution < 1.29 is 14.6 Å². The van der Waals surface area contributed by atoms with E-state index in [0.717, 1.165) is 4.47 Å². The van der Waals surface area contributed by atoms with Gasteiger partial charge in [-0.2, -0.15) is 5.10 Å². The third-order valence-electron chi connectivity index (χ3n) is 2.64. The number of benzene rings is 2. The second-order valence-electron chi connectivity index (χ2n) is 4.36. The minimum Gasteiger partial charge on any atom is -0.507 e. The van der Waals surface area contributed by atoms with Crippen LogP contribution in [0.4, 0.5) is 0 Å². The molecule has 8 heteroatoms. The monoisotopic (exact) mass is 460 g/mol. The number of hydrazone groups is 1. The van der Waals surface area contributed by atoms with Crippen LogP contribution >= 0.6 is 43.5 Å². The van der Waals surface area contributed by atoms with Crippen LogP contribution in [0.3, 0.4) is 0 Å². The maximum atomic E-state index is 11.7. The van der Waals surface area contributed by atoms with E-state index in [1.807, 2.05) is 0 Å². The van der Waals surface area contributed by atoms with Gasteiger partial charge in [-0.1, -0.05) is 27.5 Å². The van der Waals surface area contributed by atoms with Gasteiger partial charge in [0.1, 0.15) is 11.5 Å². The highest BCUT2D eigenvalue weighted by Gasteiger charge is 2.05. The summed E-state index contributed by atoms with van der Waals surface area (Å²) in [5, 5.41) is 14.0. The molecule has 0 aliphatic heterocycles. The fourth-order valence-electron chi connectivity index (χ4n) is 1.57. The Labute approximate surface area is 154 Å². The average Bonchev–Trinajstić information content (AvgIpc) is 2.50. The van der Waals surface area contributed by atoms with Crippen LogP contribution in [0.15, 0.2) is 50.4 Å². The van der Waals surface area contributed by atoms with Crippen molar-refractivity contribution in [2.45, 2.75) is 0 Å². The minimum absolute atomic E-state index is 0.0625. The zero-order chi connectivity index (χ0) is 16.8. The fraction of sp³-hybridized carbons (Fsp3) is 0.0667. The summed E-state index contributed by atoms with van der Waals surface area (Å²) in [5.41, 5.74) is 2.79. The largest absolute Gasteiger partial charge is 0.507 e. The molecule has 0 aromatic heterocycles. The van der Waals surface area contributed by atoms with Gasteiger partial charge >= 0.3 is 0 Å². The van der Waals surface area contributed by atoms with E-state index >= 15 is 0 Å². The number of carbonyl (C=O) groups excluding carboxylic acids is 1. The first-order valence-corrected chi connectivity index (χ1v) is 8.30. The van der Waals surface area contributed by atoms with Crippen LogP contribution in [-0.2, 0) is 4.79 Å². The summed E-state index contributed by atoms with van der Waals surface area (Å²) in [7, 11) is 0. The van der Waals surface area contributed by atoms with Gasteiger partial charge in [-0.25, -0.2) is 5.43 Å². The van der Waals surface area contributed by atoms with E-state index in [2.05, 4.69) is 42.4 Å². The molecule has 23 heavy (non-hydrogen) atoms. The number of amides is 1. The van der Waals surface area contributed by atoms with Crippen molar-refractivity contribution >= 4 is 55.6 Å². The fourth-order valence-corrected chi connectivity index (χ4v) is 2.75. The van der Waals surface area contributed by atoms with E-state index in [-0.39, 0.29) is 12.4 Å². The Morgan fingerprint density at radius 1 is 1.30 bits per heavy atom. The van der Waals surface area contributed by atoms with Crippen LogP contribution in [0.1, 0.15) is 5.56 Å². The molecule has 120 valence electrons. The zero-order valence-corrected chi connectivity index (χ0v) is 15.5. The quantitative estimate of drug-likeness (QED) is 0.519. The molecule has 0 fully saturated rings. The minimum atomic E-state index is -0.433. The number of nitrogens with zero attached hydrogens (tertiary/aromatic N) is 1. The number of nitrogens with one attached hydrogen (secondary N) is 1. The van der Waals surface area contributed by atoms with Crippen LogP contribution in [-0.4, -0.2) is 23.8 Å². The second kappa shape index (κ2) is 8.33. The molecule has 0 saturated carbocycles. The molecule has 2 aromatic rings. The maximum Gasteiger partial charge on any atom is 0.277 e. The highest BCUT2D eigenvalue weighted by molar-refractivity contribution is 9.10. The van der Waals surface area contributed by atoms with Crippen LogP contribution in [0.25, 0.3) is 0 Å². The van der Waals surface area contributed by atoms with Crippen molar-refractivity contribution in [3.63, 3.8) is 0 Å². The lowest BCUT2D eigenvalue weighted by molar-refractivity contribution is -0.123. The molecule has 0 atom stereocenters. The summed E-state index contributed by atoms with van der Waals surface area (Å²) in [5.74, 6) is 0.128. The van der Waals surface area contributed by atoms with Gasteiger partial charge in [0.25, 0.3) is 5.91 Å². The summed E-state index contributed by atoms with van der Waals surface area (Å²) in [4.78, 5) is 11.7. The summed E-state index contributed by atoms with van der Waals surface area (Å²) in [6, 6.07) is 9.88. The Hall–Kier alpha value is -1.57. The van der Waals surface area contributed by atoms with E-state index in [1.165, 1.54) is 12.3 Å². The highest BCUT2D eigenvalue weighted by atomic mass is 79.9. The highest BCUT2D eigenvalue weighted by Crippen LogP contribution is 2.27. The number of rotatable bonds is 5. The molecular formula is C15H11Br2ClN2O3. The second-order valence-corrected chi connectivity index (χ2v) is 6.57. The predicted octanol–water partition coefficient (Wildman–Crippen LogP) is 4.10. The van der Waals surface area contributed by atoms with Gasteiger partial charge in [0.2, 0.25) is 0 Å². The number of carbonyl (C=O) groups is 1. The van der Waals surface area contributed by atoms with Gasteiger partial charge in [0.05, 0.1) is 10.7 Å². The Morgan fingerprint density at radius 2 is 2.09 bits per heavy atom. The third-order valence-corrected chi connectivity index (χ3v) is 3.98. The molecule has 0 heterocycles. The van der Waals surface area contributed by atoms with Crippen LogP contribution < -0.4 is 10.2 Å². The Bertz CT molecular complexity index is 753. The zero-order valence-electron chi connectivity index (χ0n) is 11.6. The summed E-state index contributed by atoms with van der Waals surface area (Å²) in [6.07, 6.45) is 1.34. The first-order chi connectivity index (χ1) is 11.0. The van der Waals surface area contributed by atoms with Crippen LogP contribution in [0.5, 0.6) is 11.5 Å². The first-order valence-electron chi connectivity index (χ1n) is 6.34. The molecule has 2 N–H and O–H groups in total. The van der Waals surface area contributed by atoms with E-state index < -0.39 is 5.91 Å². The van der Waals surface area contributed by atoms with Gasteiger partial charge in [-0.3, -0.25) is 4.79 Å². The smallest absolute Gasteiger partial charge is 0.277 e. The lowest BCUT2D eigenvalue weighted by Gasteiger charge is -2.07. The molecule has 2 aromatic carbocycles. The molecule has 0 spiro atoms. The molecule has 0 aliphatic rings. The number of phenols is 1. The summed E-state index contributed by atoms with van der Waals surface area (Å²) < 4.78 is 6.79. The average molecular weight is 463 g/mol. The van der Waals surface area contributed by atoms with Crippen molar-refractivity contribution in [3.8, 4) is 11.5 Å². The Balaban J connectivity index is 1.87. The normalized spacial score (nSPS) is 10.7. The Kier molecular flexibility index (Phi) is 6.44. The van der Waals surface area contributed by atoms with Gasteiger partial charge in [0.15, 0.2) is 6.61 Å². The molecule has 0 saturated heterocycles.